The number of carbonyl (C=O) groups excluding carboxylic acids is 1. The van der Waals surface area contributed by atoms with Crippen molar-refractivity contribution in [2.75, 3.05) is 31.2 Å². The molecular formula is C21H23N5O3. The van der Waals surface area contributed by atoms with Gasteiger partial charge in [-0.1, -0.05) is 18.2 Å². The first-order valence-corrected chi connectivity index (χ1v) is 9.70. The number of benzene rings is 1. The Kier molecular flexibility index (Phi) is 5.81. The second-order valence-electron chi connectivity index (χ2n) is 6.87. The number of fused-ring (bicyclic) bond motifs is 1. The van der Waals surface area contributed by atoms with Gasteiger partial charge in [0, 0.05) is 44.4 Å². The minimum Gasteiger partial charge on any atom is -0.378 e. The van der Waals surface area contributed by atoms with Gasteiger partial charge in [0.2, 0.25) is 5.91 Å². The molecule has 29 heavy (non-hydrogen) atoms. The van der Waals surface area contributed by atoms with Crippen molar-refractivity contribution in [2.45, 2.75) is 19.5 Å². The highest BCUT2D eigenvalue weighted by Gasteiger charge is 2.16. The quantitative estimate of drug-likeness (QED) is 0.680. The number of amides is 1. The van der Waals surface area contributed by atoms with E-state index in [0.29, 0.717) is 30.7 Å². The molecule has 1 fully saturated rings. The van der Waals surface area contributed by atoms with Crippen molar-refractivity contribution in [3.05, 3.63) is 64.8 Å². The van der Waals surface area contributed by atoms with Crippen LogP contribution in [0.2, 0.25) is 0 Å². The molecule has 8 nitrogen and oxygen atoms in total. The fraction of sp³-hybridized carbons (Fsp3) is 0.333. The summed E-state index contributed by atoms with van der Waals surface area (Å²) in [6.45, 7) is 3.61. The molecule has 1 amide bonds. The summed E-state index contributed by atoms with van der Waals surface area (Å²) >= 11 is 0. The van der Waals surface area contributed by atoms with E-state index >= 15 is 0 Å². The molecule has 150 valence electrons. The third-order valence-electron chi connectivity index (χ3n) is 4.97. The lowest BCUT2D eigenvalue weighted by Crippen LogP contribution is -2.38. The van der Waals surface area contributed by atoms with Crippen LogP contribution in [0.3, 0.4) is 0 Å². The summed E-state index contributed by atoms with van der Waals surface area (Å²) in [6, 6.07) is 11.0. The number of nitrogens with zero attached hydrogens (tertiary/aromatic N) is 4. The largest absolute Gasteiger partial charge is 0.378 e. The van der Waals surface area contributed by atoms with Gasteiger partial charge in [-0.25, -0.2) is 9.97 Å². The van der Waals surface area contributed by atoms with Crippen LogP contribution in [0, 0.1) is 0 Å². The molecule has 0 spiro atoms. The van der Waals surface area contributed by atoms with E-state index < -0.39 is 0 Å². The molecule has 1 aliphatic heterocycles. The van der Waals surface area contributed by atoms with Crippen LogP contribution in [-0.2, 0) is 22.6 Å². The Morgan fingerprint density at radius 1 is 1.10 bits per heavy atom. The molecule has 0 atom stereocenters. The van der Waals surface area contributed by atoms with Gasteiger partial charge in [0.25, 0.3) is 5.56 Å². The molecule has 0 bridgehead atoms. The second kappa shape index (κ2) is 8.83. The lowest BCUT2D eigenvalue weighted by Gasteiger charge is -2.29. The van der Waals surface area contributed by atoms with Crippen molar-refractivity contribution in [3.63, 3.8) is 0 Å². The average Bonchev–Trinajstić information content (AvgIpc) is 2.78. The smallest absolute Gasteiger partial charge is 0.261 e. The highest BCUT2D eigenvalue weighted by molar-refractivity contribution is 5.77. The SMILES string of the molecule is O=C(CCn1cnc2ccccc2c1=O)NCc1cccnc1N1CCOCC1. The van der Waals surface area contributed by atoms with Crippen molar-refractivity contribution >= 4 is 22.6 Å². The predicted octanol–water partition coefficient (Wildman–Crippen LogP) is 1.33. The number of carbonyl (C=O) groups is 1. The van der Waals surface area contributed by atoms with Crippen LogP contribution in [0.1, 0.15) is 12.0 Å². The number of rotatable bonds is 6. The molecule has 2 aromatic heterocycles. The van der Waals surface area contributed by atoms with E-state index in [4.69, 9.17) is 4.74 Å². The van der Waals surface area contributed by atoms with Gasteiger partial charge in [-0.3, -0.25) is 14.2 Å². The Balaban J connectivity index is 1.37. The van der Waals surface area contributed by atoms with Gasteiger partial charge in [-0.15, -0.1) is 0 Å². The van der Waals surface area contributed by atoms with E-state index in [1.54, 1.807) is 18.3 Å². The maximum absolute atomic E-state index is 12.5. The Morgan fingerprint density at radius 3 is 2.79 bits per heavy atom. The first-order valence-electron chi connectivity index (χ1n) is 9.70. The summed E-state index contributed by atoms with van der Waals surface area (Å²) in [4.78, 5) is 35.8. The Morgan fingerprint density at radius 2 is 1.93 bits per heavy atom. The van der Waals surface area contributed by atoms with Crippen LogP contribution in [-0.4, -0.2) is 46.7 Å². The molecule has 0 aliphatic carbocycles. The lowest BCUT2D eigenvalue weighted by atomic mass is 10.2. The number of ether oxygens (including phenoxy) is 1. The summed E-state index contributed by atoms with van der Waals surface area (Å²) < 4.78 is 6.87. The van der Waals surface area contributed by atoms with Crippen LogP contribution in [0.15, 0.2) is 53.7 Å². The molecule has 0 unspecified atom stereocenters. The molecule has 1 saturated heterocycles. The van der Waals surface area contributed by atoms with E-state index in [0.717, 1.165) is 24.5 Å². The van der Waals surface area contributed by atoms with E-state index in [-0.39, 0.29) is 24.4 Å². The highest BCUT2D eigenvalue weighted by Crippen LogP contribution is 2.18. The van der Waals surface area contributed by atoms with Crippen LogP contribution < -0.4 is 15.8 Å². The van der Waals surface area contributed by atoms with Crippen molar-refractivity contribution < 1.29 is 9.53 Å². The van der Waals surface area contributed by atoms with Gasteiger partial charge < -0.3 is 15.0 Å². The number of hydrogen-bond donors (Lipinski definition) is 1. The predicted molar refractivity (Wildman–Crippen MR) is 110 cm³/mol. The summed E-state index contributed by atoms with van der Waals surface area (Å²) in [7, 11) is 0. The van der Waals surface area contributed by atoms with Gasteiger partial charge in [-0.2, -0.15) is 0 Å². The number of anilines is 1. The Bertz CT molecular complexity index is 1060. The zero-order chi connectivity index (χ0) is 20.1. The number of aromatic nitrogens is 3. The molecule has 0 saturated carbocycles. The minimum atomic E-state index is -0.134. The average molecular weight is 393 g/mol. The lowest BCUT2D eigenvalue weighted by molar-refractivity contribution is -0.121. The molecule has 1 aliphatic rings. The number of pyridine rings is 1. The molecule has 0 radical (unpaired) electrons. The molecular weight excluding hydrogens is 370 g/mol. The number of morpholine rings is 1. The van der Waals surface area contributed by atoms with Crippen molar-refractivity contribution in [1.29, 1.82) is 0 Å². The molecule has 3 heterocycles. The summed E-state index contributed by atoms with van der Waals surface area (Å²) in [5.41, 5.74) is 1.49. The van der Waals surface area contributed by atoms with E-state index in [1.807, 2.05) is 24.3 Å². The van der Waals surface area contributed by atoms with E-state index in [1.165, 1.54) is 10.9 Å². The Hall–Kier alpha value is -3.26. The first-order chi connectivity index (χ1) is 14.2. The Labute approximate surface area is 168 Å². The second-order valence-corrected chi connectivity index (χ2v) is 6.87. The summed E-state index contributed by atoms with van der Waals surface area (Å²) in [6.07, 6.45) is 3.46. The third-order valence-corrected chi connectivity index (χ3v) is 4.97. The highest BCUT2D eigenvalue weighted by atomic mass is 16.5. The van der Waals surface area contributed by atoms with E-state index in [2.05, 4.69) is 20.2 Å². The number of hydrogen-bond acceptors (Lipinski definition) is 6. The molecule has 4 rings (SSSR count). The van der Waals surface area contributed by atoms with Crippen LogP contribution in [0.5, 0.6) is 0 Å². The number of aryl methyl sites for hydroxylation is 1. The standard InChI is InChI=1S/C21H23N5O3/c27-19(7-9-26-15-24-18-6-2-1-5-17(18)21(26)28)23-14-16-4-3-8-22-20(16)25-10-12-29-13-11-25/h1-6,8,15H,7,9-14H2,(H,23,27). The first kappa shape index (κ1) is 19.1. The van der Waals surface area contributed by atoms with Crippen LogP contribution in [0.25, 0.3) is 10.9 Å². The maximum atomic E-state index is 12.5. The normalized spacial score (nSPS) is 14.1. The van der Waals surface area contributed by atoms with Crippen LogP contribution >= 0.6 is 0 Å². The zero-order valence-electron chi connectivity index (χ0n) is 16.1. The monoisotopic (exact) mass is 393 g/mol. The zero-order valence-corrected chi connectivity index (χ0v) is 16.1. The fourth-order valence-corrected chi connectivity index (χ4v) is 3.40. The molecule has 1 aromatic carbocycles. The third kappa shape index (κ3) is 4.43. The molecule has 8 heteroatoms. The van der Waals surface area contributed by atoms with E-state index in [9.17, 15) is 9.59 Å². The van der Waals surface area contributed by atoms with Gasteiger partial charge in [0.1, 0.15) is 5.82 Å². The topological polar surface area (TPSA) is 89.3 Å². The van der Waals surface area contributed by atoms with Gasteiger partial charge in [0.15, 0.2) is 0 Å². The maximum Gasteiger partial charge on any atom is 0.261 e. The van der Waals surface area contributed by atoms with Crippen molar-refractivity contribution in [2.24, 2.45) is 0 Å². The van der Waals surface area contributed by atoms with Gasteiger partial charge >= 0.3 is 0 Å². The fourth-order valence-electron chi connectivity index (χ4n) is 3.40. The molecule has 3 aromatic rings. The molecule has 1 N–H and O–H groups in total. The van der Waals surface area contributed by atoms with Gasteiger partial charge in [0.05, 0.1) is 30.4 Å². The summed E-state index contributed by atoms with van der Waals surface area (Å²) in [5, 5.41) is 3.49. The summed E-state index contributed by atoms with van der Waals surface area (Å²) in [5.74, 6) is 0.757. The van der Waals surface area contributed by atoms with Crippen molar-refractivity contribution in [3.8, 4) is 0 Å². The number of nitrogens with one attached hydrogen (secondary N) is 1. The number of para-hydroxylation sites is 1. The minimum absolute atomic E-state index is 0.123. The van der Waals surface area contributed by atoms with Crippen LogP contribution in [0.4, 0.5) is 5.82 Å². The van der Waals surface area contributed by atoms with Crippen molar-refractivity contribution in [1.82, 2.24) is 19.9 Å². The van der Waals surface area contributed by atoms with Gasteiger partial charge in [-0.05, 0) is 18.2 Å².